The minimum absolute atomic E-state index is 0. The Morgan fingerprint density at radius 3 is 2.48 bits per heavy atom. The fraction of sp³-hybridized carbons (Fsp3) is 0.400. The minimum Gasteiger partial charge on any atom is -0.466 e. The molecule has 0 saturated carbocycles. The van der Waals surface area contributed by atoms with E-state index in [2.05, 4.69) is 5.32 Å². The average molecular weight is 426 g/mol. The average Bonchev–Trinajstić information content (AvgIpc) is 2.67. The zero-order chi connectivity index (χ0) is 20.7. The van der Waals surface area contributed by atoms with E-state index in [1.807, 2.05) is 0 Å². The molecule has 0 aromatic heterocycles. The maximum Gasteiger partial charge on any atom is 0.336 e. The van der Waals surface area contributed by atoms with E-state index in [0.29, 0.717) is 40.7 Å². The molecule has 1 atom stereocenters. The van der Waals surface area contributed by atoms with Crippen LogP contribution in [-0.2, 0) is 23.8 Å². The topological polar surface area (TPSA) is 135 Å². The molecule has 0 radical (unpaired) electrons. The van der Waals surface area contributed by atoms with E-state index >= 15 is 0 Å². The molecule has 0 aliphatic carbocycles. The number of carbonyl (C=O) groups excluding carboxylic acids is 2. The summed E-state index contributed by atoms with van der Waals surface area (Å²) < 4.78 is 15.8. The molecule has 1 aromatic carbocycles. The van der Waals surface area contributed by atoms with Gasteiger partial charge in [-0.15, -0.1) is 0 Å². The van der Waals surface area contributed by atoms with Gasteiger partial charge in [0.05, 0.1) is 49.7 Å². The number of ether oxygens (including phenoxy) is 3. The zero-order valence-electron chi connectivity index (χ0n) is 16.9. The van der Waals surface area contributed by atoms with Crippen molar-refractivity contribution in [2.24, 2.45) is 5.73 Å². The van der Waals surface area contributed by atoms with Gasteiger partial charge in [0.1, 0.15) is 0 Å². The second kappa shape index (κ2) is 11.6. The predicted molar refractivity (Wildman–Crippen MR) is 111 cm³/mol. The molecule has 6 N–H and O–H groups in total. The maximum atomic E-state index is 12.9. The first-order chi connectivity index (χ1) is 13.5. The lowest BCUT2D eigenvalue weighted by atomic mass is 9.80. The molecule has 8 nitrogen and oxygen atoms in total. The van der Waals surface area contributed by atoms with Crippen molar-refractivity contribution in [2.75, 3.05) is 33.5 Å². The van der Waals surface area contributed by atoms with Gasteiger partial charge in [0.2, 0.25) is 0 Å². The molecule has 1 unspecified atom stereocenters. The predicted octanol–water partition coefficient (Wildman–Crippen LogP) is 2.43. The number of carbonyl (C=O) groups is 2. The summed E-state index contributed by atoms with van der Waals surface area (Å²) in [6.45, 7) is 4.42. The van der Waals surface area contributed by atoms with Gasteiger partial charge < -0.3 is 31.4 Å². The van der Waals surface area contributed by atoms with E-state index in [1.165, 1.54) is 7.11 Å². The van der Waals surface area contributed by atoms with Crippen LogP contribution >= 0.6 is 11.6 Å². The molecule has 0 bridgehead atoms. The number of hydrogen-bond donors (Lipinski definition) is 3. The largest absolute Gasteiger partial charge is 0.466 e. The van der Waals surface area contributed by atoms with E-state index in [0.717, 1.165) is 0 Å². The van der Waals surface area contributed by atoms with Gasteiger partial charge in [0.15, 0.2) is 0 Å². The van der Waals surface area contributed by atoms with Gasteiger partial charge in [-0.3, -0.25) is 0 Å². The van der Waals surface area contributed by atoms with Crippen LogP contribution in [0.2, 0.25) is 5.02 Å². The molecule has 1 aliphatic heterocycles. The molecule has 160 valence electrons. The van der Waals surface area contributed by atoms with Crippen molar-refractivity contribution >= 4 is 23.5 Å². The Kier molecular flexibility index (Phi) is 9.84. The van der Waals surface area contributed by atoms with Gasteiger partial charge in [-0.2, -0.15) is 0 Å². The van der Waals surface area contributed by atoms with E-state index in [9.17, 15) is 9.59 Å². The molecule has 1 aromatic rings. The first-order valence-corrected chi connectivity index (χ1v) is 9.32. The lowest BCUT2D eigenvalue weighted by molar-refractivity contribution is -0.139. The van der Waals surface area contributed by atoms with Crippen molar-refractivity contribution in [3.63, 3.8) is 0 Å². The highest BCUT2D eigenvalue weighted by atomic mass is 35.5. The van der Waals surface area contributed by atoms with Crippen molar-refractivity contribution < 1.29 is 23.8 Å². The molecule has 0 spiro atoms. The first-order valence-electron chi connectivity index (χ1n) is 8.94. The molecule has 1 heterocycles. The molecular weight excluding hydrogens is 398 g/mol. The van der Waals surface area contributed by atoms with Gasteiger partial charge >= 0.3 is 11.9 Å². The first kappa shape index (κ1) is 24.6. The molecule has 29 heavy (non-hydrogen) atoms. The number of nitrogens with one attached hydrogen (secondary N) is 1. The summed E-state index contributed by atoms with van der Waals surface area (Å²) in [6, 6.07) is 7.05. The number of rotatable bonds is 8. The van der Waals surface area contributed by atoms with Gasteiger partial charge in [-0.05, 0) is 25.5 Å². The molecule has 1 aliphatic rings. The summed E-state index contributed by atoms with van der Waals surface area (Å²) in [6.07, 6.45) is 0. The fourth-order valence-electron chi connectivity index (χ4n) is 3.12. The summed E-state index contributed by atoms with van der Waals surface area (Å²) in [5.41, 5.74) is 7.70. The Balaban J connectivity index is 0.00000420. The Labute approximate surface area is 175 Å². The van der Waals surface area contributed by atoms with E-state index in [-0.39, 0.29) is 24.9 Å². The van der Waals surface area contributed by atoms with Crippen LogP contribution in [0.3, 0.4) is 0 Å². The second-order valence-electron chi connectivity index (χ2n) is 6.06. The van der Waals surface area contributed by atoms with Crippen molar-refractivity contribution in [3.05, 3.63) is 57.4 Å². The maximum absolute atomic E-state index is 12.9. The van der Waals surface area contributed by atoms with E-state index < -0.39 is 17.9 Å². The van der Waals surface area contributed by atoms with Gasteiger partial charge in [-0.1, -0.05) is 29.8 Å². The number of dihydropyridines is 1. The monoisotopic (exact) mass is 425 g/mol. The Morgan fingerprint density at radius 1 is 1.21 bits per heavy atom. The van der Waals surface area contributed by atoms with Crippen LogP contribution in [0.25, 0.3) is 0 Å². The standard InChI is InChI=1S/C20H25ClN2O5.H3N/c1-4-28-20(25)18-15(11-27-10-9-22)23-12(2)16(19(24)26-3)17(18)13-7-5-6-8-14(13)21;/h5-8,17,23H,4,9-11,22H2,1-3H3;1H3. The second-order valence-corrected chi connectivity index (χ2v) is 6.47. The van der Waals surface area contributed by atoms with Crippen LogP contribution in [0.4, 0.5) is 0 Å². The normalized spacial score (nSPS) is 16.1. The van der Waals surface area contributed by atoms with Crippen LogP contribution in [0.5, 0.6) is 0 Å². The molecule has 0 amide bonds. The minimum atomic E-state index is -0.752. The number of halogens is 1. The number of allylic oxidation sites excluding steroid dienone is 1. The van der Waals surface area contributed by atoms with Crippen LogP contribution in [0.1, 0.15) is 25.3 Å². The van der Waals surface area contributed by atoms with Gasteiger partial charge in [0.25, 0.3) is 0 Å². The third kappa shape index (κ3) is 5.57. The van der Waals surface area contributed by atoms with Gasteiger partial charge in [0, 0.05) is 17.3 Å². The van der Waals surface area contributed by atoms with E-state index in [4.69, 9.17) is 31.5 Å². The van der Waals surface area contributed by atoms with Crippen molar-refractivity contribution in [1.29, 1.82) is 0 Å². The molecule has 2 rings (SSSR count). The summed E-state index contributed by atoms with van der Waals surface area (Å²) in [5.74, 6) is -1.86. The van der Waals surface area contributed by atoms with E-state index in [1.54, 1.807) is 38.1 Å². The Hall–Kier alpha value is -2.39. The third-order valence-corrected chi connectivity index (χ3v) is 4.61. The van der Waals surface area contributed by atoms with Crippen molar-refractivity contribution in [1.82, 2.24) is 11.5 Å². The Bertz CT molecular complexity index is 807. The van der Waals surface area contributed by atoms with Crippen LogP contribution < -0.4 is 17.2 Å². The van der Waals surface area contributed by atoms with Gasteiger partial charge in [-0.25, -0.2) is 9.59 Å². The smallest absolute Gasteiger partial charge is 0.336 e. The quantitative estimate of drug-likeness (QED) is 0.427. The van der Waals surface area contributed by atoms with Crippen LogP contribution in [0, 0.1) is 0 Å². The van der Waals surface area contributed by atoms with Crippen LogP contribution in [-0.4, -0.2) is 45.4 Å². The Morgan fingerprint density at radius 2 is 1.90 bits per heavy atom. The zero-order valence-corrected chi connectivity index (χ0v) is 17.7. The number of methoxy groups -OCH3 is 1. The highest BCUT2D eigenvalue weighted by Crippen LogP contribution is 2.41. The molecule has 0 fully saturated rings. The highest BCUT2D eigenvalue weighted by molar-refractivity contribution is 6.31. The molecular formula is C20H28ClN3O5. The number of benzene rings is 1. The fourth-order valence-corrected chi connectivity index (χ4v) is 3.36. The van der Waals surface area contributed by atoms with Crippen LogP contribution in [0.15, 0.2) is 46.8 Å². The number of nitrogens with two attached hydrogens (primary N) is 1. The summed E-state index contributed by atoms with van der Waals surface area (Å²) >= 11 is 6.42. The molecule has 9 heteroatoms. The summed E-state index contributed by atoms with van der Waals surface area (Å²) in [4.78, 5) is 25.5. The summed E-state index contributed by atoms with van der Waals surface area (Å²) in [7, 11) is 1.29. The van der Waals surface area contributed by atoms with Crippen molar-refractivity contribution in [2.45, 2.75) is 19.8 Å². The number of hydrogen-bond acceptors (Lipinski definition) is 8. The molecule has 0 saturated heterocycles. The lowest BCUT2D eigenvalue weighted by Crippen LogP contribution is -2.35. The number of esters is 2. The summed E-state index contributed by atoms with van der Waals surface area (Å²) in [5, 5.41) is 3.52. The lowest BCUT2D eigenvalue weighted by Gasteiger charge is -2.31. The highest BCUT2D eigenvalue weighted by Gasteiger charge is 2.39. The SMILES string of the molecule is CCOC(=O)C1=C(COCCN)NC(C)=C(C(=O)OC)C1c1ccccc1Cl.N. The third-order valence-electron chi connectivity index (χ3n) is 4.27. The van der Waals surface area contributed by atoms with Crippen molar-refractivity contribution in [3.8, 4) is 0 Å².